The number of ketones is 1. The zero-order valence-corrected chi connectivity index (χ0v) is 22.7. The van der Waals surface area contributed by atoms with Crippen LogP contribution in [0, 0.1) is 17.6 Å². The van der Waals surface area contributed by atoms with E-state index in [2.05, 4.69) is 4.74 Å². The first-order valence-electron chi connectivity index (χ1n) is 12.6. The van der Waals surface area contributed by atoms with Crippen molar-refractivity contribution in [2.24, 2.45) is 5.92 Å². The van der Waals surface area contributed by atoms with E-state index in [-0.39, 0.29) is 30.5 Å². The fraction of sp³-hybridized carbons (Fsp3) is 0.500. The molecule has 2 fully saturated rings. The summed E-state index contributed by atoms with van der Waals surface area (Å²) in [6.07, 6.45) is 0.597. The van der Waals surface area contributed by atoms with Crippen molar-refractivity contribution in [3.8, 4) is 0 Å². The van der Waals surface area contributed by atoms with Gasteiger partial charge in [-0.1, -0.05) is 30.3 Å². The molecule has 0 spiro atoms. The molecule has 1 aliphatic carbocycles. The third-order valence-electron chi connectivity index (χ3n) is 7.96. The van der Waals surface area contributed by atoms with Crippen molar-refractivity contribution in [3.63, 3.8) is 0 Å². The molecule has 206 valence electrons. The Balaban J connectivity index is 1.68. The number of halogens is 2. The highest BCUT2D eigenvalue weighted by atomic mass is 32.2. The largest absolute Gasteiger partial charge is 0.468 e. The van der Waals surface area contributed by atoms with Crippen molar-refractivity contribution < 1.29 is 36.6 Å². The summed E-state index contributed by atoms with van der Waals surface area (Å²) < 4.78 is 64.0. The van der Waals surface area contributed by atoms with Gasteiger partial charge in [-0.3, -0.25) is 9.59 Å². The topological polar surface area (TPSA) is 101 Å². The van der Waals surface area contributed by atoms with Gasteiger partial charge in [0.1, 0.15) is 22.8 Å². The standard InChI is InChI=1S/C28H33F2NO6S/c1-17-10-11-24(19-8-6-5-7-9-19)38(35,36)31(17)14-20-12-23(30)21(13-22(20)29)28(15-27(3,34)16-28)25(32)18(2)26(33)37-4/h5-9,12-13,17-18,24,34H,10-11,14-16H2,1-4H3/t17-,18?,24+,27?,28?/m0/s1. The van der Waals surface area contributed by atoms with Crippen molar-refractivity contribution in [1.29, 1.82) is 0 Å². The van der Waals surface area contributed by atoms with Gasteiger partial charge in [-0.2, -0.15) is 4.31 Å². The molecule has 10 heteroatoms. The van der Waals surface area contributed by atoms with Crippen LogP contribution in [0.15, 0.2) is 42.5 Å². The highest BCUT2D eigenvalue weighted by molar-refractivity contribution is 7.89. The van der Waals surface area contributed by atoms with Crippen molar-refractivity contribution in [2.45, 2.75) is 75.3 Å². The second kappa shape index (κ2) is 10.1. The molecule has 1 N–H and O–H groups in total. The molecule has 1 unspecified atom stereocenters. The Kier molecular flexibility index (Phi) is 7.55. The lowest BCUT2D eigenvalue weighted by molar-refractivity contribution is -0.158. The van der Waals surface area contributed by atoms with Crippen molar-refractivity contribution in [1.82, 2.24) is 4.31 Å². The predicted molar refractivity (Wildman–Crippen MR) is 136 cm³/mol. The summed E-state index contributed by atoms with van der Waals surface area (Å²) in [4.78, 5) is 25.4. The molecule has 7 nitrogen and oxygen atoms in total. The number of hydrogen-bond acceptors (Lipinski definition) is 6. The Hall–Kier alpha value is -2.69. The summed E-state index contributed by atoms with van der Waals surface area (Å²) in [5.74, 6) is -4.48. The van der Waals surface area contributed by atoms with E-state index in [0.29, 0.717) is 18.4 Å². The summed E-state index contributed by atoms with van der Waals surface area (Å²) in [5.41, 5.74) is -2.68. The van der Waals surface area contributed by atoms with Gasteiger partial charge in [0.05, 0.1) is 18.1 Å². The highest BCUT2D eigenvalue weighted by Gasteiger charge is 2.59. The molecule has 4 rings (SSSR count). The van der Waals surface area contributed by atoms with E-state index in [4.69, 9.17) is 0 Å². The fourth-order valence-electron chi connectivity index (χ4n) is 6.04. The van der Waals surface area contributed by atoms with Crippen LogP contribution in [-0.2, 0) is 36.3 Å². The van der Waals surface area contributed by atoms with Crippen LogP contribution in [0.3, 0.4) is 0 Å². The third-order valence-corrected chi connectivity index (χ3v) is 10.3. The van der Waals surface area contributed by atoms with Crippen LogP contribution in [0.1, 0.15) is 68.4 Å². The molecule has 1 aliphatic heterocycles. The molecular formula is C28H33F2NO6S. The van der Waals surface area contributed by atoms with Crippen molar-refractivity contribution in [2.75, 3.05) is 7.11 Å². The number of Topliss-reactive ketones (excluding diaryl/α,β-unsaturated/α-hetero) is 1. The van der Waals surface area contributed by atoms with Gasteiger partial charge in [-0.15, -0.1) is 0 Å². The number of carbonyl (C=O) groups excluding carboxylic acids is 2. The first-order valence-corrected chi connectivity index (χ1v) is 14.1. The zero-order valence-electron chi connectivity index (χ0n) is 21.9. The number of rotatable bonds is 7. The summed E-state index contributed by atoms with van der Waals surface area (Å²) in [6, 6.07) is 10.2. The molecule has 0 aromatic heterocycles. The van der Waals surface area contributed by atoms with Gasteiger partial charge in [0.15, 0.2) is 5.78 Å². The summed E-state index contributed by atoms with van der Waals surface area (Å²) in [6.45, 7) is 4.18. The van der Waals surface area contributed by atoms with Gasteiger partial charge >= 0.3 is 5.97 Å². The van der Waals surface area contributed by atoms with Gasteiger partial charge < -0.3 is 9.84 Å². The number of nitrogens with zero attached hydrogens (tertiary/aromatic N) is 1. The average molecular weight is 550 g/mol. The van der Waals surface area contributed by atoms with Gasteiger partial charge in [0, 0.05) is 23.7 Å². The van der Waals surface area contributed by atoms with E-state index in [0.717, 1.165) is 19.2 Å². The average Bonchev–Trinajstić information content (AvgIpc) is 2.85. The number of sulfonamides is 1. The molecule has 2 aromatic carbocycles. The minimum absolute atomic E-state index is 0.162. The van der Waals surface area contributed by atoms with Gasteiger partial charge in [0.25, 0.3) is 0 Å². The molecule has 0 amide bonds. The maximum absolute atomic E-state index is 15.6. The minimum atomic E-state index is -3.87. The fourth-order valence-corrected chi connectivity index (χ4v) is 8.23. The lowest BCUT2D eigenvalue weighted by Crippen LogP contribution is -2.59. The van der Waals surface area contributed by atoms with Crippen LogP contribution in [-0.4, -0.2) is 48.3 Å². The molecule has 1 saturated heterocycles. The third kappa shape index (κ3) is 4.89. The normalized spacial score (nSPS) is 29.8. The molecule has 0 radical (unpaired) electrons. The van der Waals surface area contributed by atoms with Gasteiger partial charge in [-0.25, -0.2) is 17.2 Å². The van der Waals surface area contributed by atoms with Crippen LogP contribution < -0.4 is 0 Å². The SMILES string of the molecule is COC(=O)C(C)C(=O)C1(c2cc(F)c(CN3[C@@H](C)CC[C@H](c4ccccc4)S3(=O)=O)cc2F)CC(C)(O)C1. The Morgan fingerprint density at radius 3 is 2.34 bits per heavy atom. The first kappa shape index (κ1) is 28.3. The Bertz CT molecular complexity index is 1340. The number of hydrogen-bond donors (Lipinski definition) is 1. The van der Waals surface area contributed by atoms with E-state index in [9.17, 15) is 23.1 Å². The first-order chi connectivity index (χ1) is 17.7. The minimum Gasteiger partial charge on any atom is -0.468 e. The van der Waals surface area contributed by atoms with Gasteiger partial charge in [-0.05, 0) is 64.2 Å². The number of carbonyl (C=O) groups is 2. The predicted octanol–water partition coefficient (Wildman–Crippen LogP) is 4.18. The molecule has 0 bridgehead atoms. The van der Waals surface area contributed by atoms with Crippen molar-refractivity contribution >= 4 is 21.8 Å². The highest BCUT2D eigenvalue weighted by Crippen LogP contribution is 2.53. The van der Waals surface area contributed by atoms with E-state index in [1.54, 1.807) is 37.3 Å². The monoisotopic (exact) mass is 549 g/mol. The molecule has 2 aliphatic rings. The number of esters is 1. The summed E-state index contributed by atoms with van der Waals surface area (Å²) in [7, 11) is -2.75. The van der Waals surface area contributed by atoms with Crippen LogP contribution in [0.2, 0.25) is 0 Å². The lowest BCUT2D eigenvalue weighted by Gasteiger charge is -2.51. The van der Waals surface area contributed by atoms with E-state index >= 15 is 8.78 Å². The van der Waals surface area contributed by atoms with E-state index < -0.39 is 61.6 Å². The number of methoxy groups -OCH3 is 1. The van der Waals surface area contributed by atoms with Gasteiger partial charge in [0.2, 0.25) is 10.0 Å². The van der Waals surface area contributed by atoms with Crippen LogP contribution in [0.5, 0.6) is 0 Å². The van der Waals surface area contributed by atoms with Crippen molar-refractivity contribution in [3.05, 3.63) is 70.8 Å². The smallest absolute Gasteiger partial charge is 0.315 e. The molecule has 1 saturated carbocycles. The number of aliphatic hydroxyl groups is 1. The second-order valence-corrected chi connectivity index (χ2v) is 12.9. The molecule has 38 heavy (non-hydrogen) atoms. The molecule has 1 heterocycles. The number of ether oxygens (including phenoxy) is 1. The molecule has 2 aromatic rings. The Morgan fingerprint density at radius 2 is 1.76 bits per heavy atom. The van der Waals surface area contributed by atoms with Crippen LogP contribution in [0.25, 0.3) is 0 Å². The van der Waals surface area contributed by atoms with Crippen LogP contribution >= 0.6 is 0 Å². The van der Waals surface area contributed by atoms with E-state index in [1.165, 1.54) is 18.2 Å². The quantitative estimate of drug-likeness (QED) is 0.411. The second-order valence-electron chi connectivity index (χ2n) is 10.9. The maximum Gasteiger partial charge on any atom is 0.315 e. The molecular weight excluding hydrogens is 516 g/mol. The summed E-state index contributed by atoms with van der Waals surface area (Å²) >= 11 is 0. The lowest BCUT2D eigenvalue weighted by atomic mass is 9.53. The van der Waals surface area contributed by atoms with E-state index in [1.807, 2.05) is 0 Å². The maximum atomic E-state index is 15.6. The Morgan fingerprint density at radius 1 is 1.13 bits per heavy atom. The summed E-state index contributed by atoms with van der Waals surface area (Å²) in [5, 5.41) is 9.63. The van der Waals surface area contributed by atoms with Crippen LogP contribution in [0.4, 0.5) is 8.78 Å². The molecule has 3 atom stereocenters. The zero-order chi connectivity index (χ0) is 28.0. The number of benzene rings is 2. The Labute approximate surface area is 221 Å².